The van der Waals surface area contributed by atoms with Crippen LogP contribution in [0.2, 0.25) is 10.0 Å². The largest absolute Gasteiger partial charge is 0.493 e. The monoisotopic (exact) mass is 868 g/mol. The lowest BCUT2D eigenvalue weighted by atomic mass is 9.81. The minimum absolute atomic E-state index is 0.287. The first-order valence-electron chi connectivity index (χ1n) is 19.3. The van der Waals surface area contributed by atoms with Crippen LogP contribution in [0.25, 0.3) is 22.3 Å². The molecule has 10 nitrogen and oxygen atoms in total. The van der Waals surface area contributed by atoms with Crippen LogP contribution in [0.3, 0.4) is 0 Å². The maximum atomic E-state index is 12.8. The van der Waals surface area contributed by atoms with Gasteiger partial charge in [-0.15, -0.1) is 0 Å². The van der Waals surface area contributed by atoms with Crippen molar-refractivity contribution in [1.29, 1.82) is 10.5 Å². The van der Waals surface area contributed by atoms with Gasteiger partial charge in [0.1, 0.15) is 0 Å². The van der Waals surface area contributed by atoms with E-state index in [4.69, 9.17) is 42.1 Å². The van der Waals surface area contributed by atoms with Crippen molar-refractivity contribution in [2.24, 2.45) is 0 Å². The van der Waals surface area contributed by atoms with Crippen molar-refractivity contribution in [2.75, 3.05) is 39.1 Å². The number of nitrogens with zero attached hydrogens (tertiary/aromatic N) is 2. The van der Waals surface area contributed by atoms with Gasteiger partial charge in [0.15, 0.2) is 23.0 Å². The molecule has 0 aliphatic heterocycles. The number of benzene rings is 6. The van der Waals surface area contributed by atoms with Gasteiger partial charge < -0.3 is 29.6 Å². The van der Waals surface area contributed by atoms with Crippen molar-refractivity contribution >= 4 is 46.4 Å². The lowest BCUT2D eigenvalue weighted by molar-refractivity contribution is 0.101. The number of nitriles is 2. The number of carbonyl (C=O) groups is 2. The third-order valence-corrected chi connectivity index (χ3v) is 10.6. The second-order valence-electron chi connectivity index (χ2n) is 15.0. The average molecular weight is 870 g/mol. The summed E-state index contributed by atoms with van der Waals surface area (Å²) < 4.78 is 21.0. The van der Waals surface area contributed by atoms with Crippen molar-refractivity contribution in [3.05, 3.63) is 154 Å². The molecule has 0 aliphatic rings. The highest BCUT2D eigenvalue weighted by Crippen LogP contribution is 2.39. The van der Waals surface area contributed by atoms with Crippen LogP contribution in [0.4, 0.5) is 11.4 Å². The molecule has 0 saturated carbocycles. The molecule has 6 aromatic carbocycles. The summed E-state index contributed by atoms with van der Waals surface area (Å²) >= 11 is 12.6. The molecular weight excluding hydrogens is 823 g/mol. The second-order valence-corrected chi connectivity index (χ2v) is 15.9. The highest BCUT2D eigenvalue weighted by molar-refractivity contribution is 6.33. The van der Waals surface area contributed by atoms with Crippen LogP contribution in [0.1, 0.15) is 59.5 Å². The zero-order valence-electron chi connectivity index (χ0n) is 35.6. The first kappa shape index (κ1) is 46.1. The molecule has 0 atom stereocenters. The Morgan fingerprint density at radius 1 is 0.516 bits per heavy atom. The topological polar surface area (TPSA) is 143 Å². The maximum absolute atomic E-state index is 12.8. The number of hydrogen-bond donors (Lipinski definition) is 2. The minimum atomic E-state index is -0.736. The van der Waals surface area contributed by atoms with Gasteiger partial charge >= 0.3 is 0 Å². The van der Waals surface area contributed by atoms with Crippen LogP contribution < -0.4 is 29.6 Å². The van der Waals surface area contributed by atoms with E-state index in [1.807, 2.05) is 88.4 Å². The van der Waals surface area contributed by atoms with Crippen molar-refractivity contribution < 1.29 is 28.5 Å². The fourth-order valence-electron chi connectivity index (χ4n) is 6.61. The molecule has 62 heavy (non-hydrogen) atoms. The molecule has 12 heteroatoms. The lowest BCUT2D eigenvalue weighted by Crippen LogP contribution is -2.17. The Morgan fingerprint density at radius 2 is 0.984 bits per heavy atom. The molecule has 6 aromatic rings. The highest BCUT2D eigenvalue weighted by atomic mass is 35.5. The van der Waals surface area contributed by atoms with E-state index >= 15 is 0 Å². The molecule has 2 amide bonds. The molecule has 0 bridgehead atoms. The predicted molar refractivity (Wildman–Crippen MR) is 246 cm³/mol. The smallest absolute Gasteiger partial charge is 0.255 e. The number of rotatable bonds is 12. The van der Waals surface area contributed by atoms with E-state index in [0.29, 0.717) is 55.5 Å². The van der Waals surface area contributed by atoms with E-state index < -0.39 is 10.8 Å². The van der Waals surface area contributed by atoms with Gasteiger partial charge in [-0.25, -0.2) is 0 Å². The van der Waals surface area contributed by atoms with Gasteiger partial charge in [-0.2, -0.15) is 10.5 Å². The fourth-order valence-corrected chi connectivity index (χ4v) is 7.04. The van der Waals surface area contributed by atoms with Crippen LogP contribution in [0, 0.1) is 22.7 Å². The number of carbonyl (C=O) groups excluding carboxylic acids is 2. The highest BCUT2D eigenvalue weighted by Gasteiger charge is 2.26. The quantitative estimate of drug-likeness (QED) is 0.124. The number of nitrogens with one attached hydrogen (secondary N) is 2. The van der Waals surface area contributed by atoms with Gasteiger partial charge in [-0.3, -0.25) is 9.59 Å². The van der Waals surface area contributed by atoms with Crippen molar-refractivity contribution in [1.82, 2.24) is 0 Å². The maximum Gasteiger partial charge on any atom is 0.255 e. The van der Waals surface area contributed by atoms with E-state index in [-0.39, 0.29) is 11.8 Å². The van der Waals surface area contributed by atoms with Gasteiger partial charge in [0.05, 0.1) is 51.4 Å². The van der Waals surface area contributed by atoms with E-state index in [1.165, 1.54) is 21.3 Å². The van der Waals surface area contributed by atoms with Crippen LogP contribution in [-0.4, -0.2) is 40.3 Å². The fraction of sp³-hybridized carbons (Fsp3) is 0.200. The van der Waals surface area contributed by atoms with E-state index in [0.717, 1.165) is 33.4 Å². The van der Waals surface area contributed by atoms with Crippen LogP contribution in [-0.2, 0) is 10.8 Å². The van der Waals surface area contributed by atoms with Gasteiger partial charge in [-0.1, -0.05) is 65.7 Å². The third kappa shape index (κ3) is 10.7. The van der Waals surface area contributed by atoms with Crippen molar-refractivity contribution in [3.63, 3.8) is 0 Å². The molecule has 0 unspecified atom stereocenters. The number of ether oxygens (including phenoxy) is 4. The second kappa shape index (κ2) is 20.1. The number of halogens is 2. The average Bonchev–Trinajstić information content (AvgIpc) is 3.28. The summed E-state index contributed by atoms with van der Waals surface area (Å²) in [5, 5.41) is 26.3. The molecule has 0 aliphatic carbocycles. The molecule has 0 heterocycles. The summed E-state index contributed by atoms with van der Waals surface area (Å²) in [5.74, 6) is 1.45. The molecule has 316 valence electrons. The third-order valence-electron chi connectivity index (χ3n) is 10.1. The van der Waals surface area contributed by atoms with E-state index in [2.05, 4.69) is 22.8 Å². The number of amides is 2. The standard InChI is InChI=1S/2C25H23ClN2O3/c1-25(2,15-27)21-10-9-19(14-20(21)16-6-5-7-18(26)12-16)28-24(29)17-8-11-22(30-3)23(13-17)31-4;1-25(2,15-27)20-11-10-17(14-19(20)18-7-5-6-8-21(18)26)28-24(29)16-9-12-22(30-3)23(13-16)31-4/h2*5-14H,1-4H3,(H,28,29). The van der Waals surface area contributed by atoms with E-state index in [1.54, 1.807) is 67.8 Å². The van der Waals surface area contributed by atoms with E-state index in [9.17, 15) is 20.1 Å². The normalized spacial score (nSPS) is 10.8. The Hall–Kier alpha value is -6.98. The van der Waals surface area contributed by atoms with Gasteiger partial charge in [0.25, 0.3) is 11.8 Å². The summed E-state index contributed by atoms with van der Waals surface area (Å²) in [7, 11) is 6.12. The zero-order chi connectivity index (χ0) is 45.2. The first-order chi connectivity index (χ1) is 29.6. The van der Waals surface area contributed by atoms with Crippen molar-refractivity contribution in [2.45, 2.75) is 38.5 Å². The Labute approximate surface area is 372 Å². The van der Waals surface area contributed by atoms with Gasteiger partial charge in [0, 0.05) is 38.1 Å². The number of hydrogen-bond acceptors (Lipinski definition) is 8. The lowest BCUT2D eigenvalue weighted by Gasteiger charge is -2.22. The molecule has 0 saturated heterocycles. The van der Waals surface area contributed by atoms with Crippen molar-refractivity contribution in [3.8, 4) is 57.4 Å². The van der Waals surface area contributed by atoms with Gasteiger partial charge in [0.2, 0.25) is 0 Å². The number of anilines is 2. The molecule has 6 rings (SSSR count). The van der Waals surface area contributed by atoms with Crippen LogP contribution in [0.5, 0.6) is 23.0 Å². The minimum Gasteiger partial charge on any atom is -0.493 e. The summed E-state index contributed by atoms with van der Waals surface area (Å²) in [5.41, 5.74) is 5.57. The summed E-state index contributed by atoms with van der Waals surface area (Å²) in [6, 6.07) is 40.5. The van der Waals surface area contributed by atoms with Gasteiger partial charge in [-0.05, 0) is 134 Å². The first-order valence-corrected chi connectivity index (χ1v) is 20.0. The van der Waals surface area contributed by atoms with Crippen LogP contribution in [0.15, 0.2) is 121 Å². The zero-order valence-corrected chi connectivity index (χ0v) is 37.2. The predicted octanol–water partition coefficient (Wildman–Crippen LogP) is 12.2. The SMILES string of the molecule is COc1ccc(C(=O)Nc2ccc(C(C)(C)C#N)c(-c3cccc(Cl)c3)c2)cc1OC.COc1ccc(C(=O)Nc2ccc(C(C)(C)C#N)c(-c3ccccc3Cl)c2)cc1OC. The Kier molecular flexibility index (Phi) is 14.9. The summed E-state index contributed by atoms with van der Waals surface area (Å²) in [4.78, 5) is 25.7. The summed E-state index contributed by atoms with van der Waals surface area (Å²) in [6.45, 7) is 7.42. The molecule has 0 radical (unpaired) electrons. The Bertz CT molecular complexity index is 2700. The number of methoxy groups -OCH3 is 4. The molecule has 0 spiro atoms. The molecular formula is C50H46Cl2N4O6. The molecule has 0 aromatic heterocycles. The summed E-state index contributed by atoms with van der Waals surface area (Å²) in [6.07, 6.45) is 0. The Balaban J connectivity index is 0.000000234. The molecule has 2 N–H and O–H groups in total. The Morgan fingerprint density at radius 3 is 1.44 bits per heavy atom. The molecule has 0 fully saturated rings. The van der Waals surface area contributed by atoms with Crippen LogP contribution >= 0.6 is 23.2 Å².